The number of hydrogen-bond acceptors (Lipinski definition) is 4. The molecular weight excluding hydrogens is 194 g/mol. The molecule has 0 atom stereocenters. The third-order valence-electron chi connectivity index (χ3n) is 1.97. The van der Waals surface area contributed by atoms with Crippen LogP contribution in [0.4, 0.5) is 0 Å². The van der Waals surface area contributed by atoms with E-state index >= 15 is 0 Å². The molecule has 0 saturated heterocycles. The molecule has 76 valence electrons. The minimum Gasteiger partial charge on any atom is -0.504 e. The van der Waals surface area contributed by atoms with Crippen LogP contribution >= 0.6 is 0 Å². The Morgan fingerprint density at radius 1 is 1.33 bits per heavy atom. The van der Waals surface area contributed by atoms with E-state index in [0.717, 1.165) is 0 Å². The molecule has 0 amide bonds. The Labute approximate surface area is 86.7 Å². The standard InChI is InChI=1S/C10H9N3O2/c1-15-9-4-2-3-8(10(9)14)5-13-6-11-12-7-13/h2-7H,1H3/p+1. The molecule has 0 radical (unpaired) electrons. The SMILES string of the molecule is COc1cccc(C=[N+]2C=NN=C2)c1O. The van der Waals surface area contributed by atoms with Crippen molar-refractivity contribution in [3.63, 3.8) is 0 Å². The molecule has 0 aliphatic carbocycles. The summed E-state index contributed by atoms with van der Waals surface area (Å²) in [4.78, 5) is 0. The van der Waals surface area contributed by atoms with E-state index in [9.17, 15) is 5.11 Å². The molecule has 2 rings (SSSR count). The topological polar surface area (TPSA) is 57.2 Å². The second-order valence-electron chi connectivity index (χ2n) is 2.94. The molecule has 5 nitrogen and oxygen atoms in total. The maximum atomic E-state index is 9.78. The fourth-order valence-corrected chi connectivity index (χ4v) is 1.24. The number of methoxy groups -OCH3 is 1. The van der Waals surface area contributed by atoms with Gasteiger partial charge < -0.3 is 9.84 Å². The van der Waals surface area contributed by atoms with Crippen molar-refractivity contribution in [3.8, 4) is 11.5 Å². The summed E-state index contributed by atoms with van der Waals surface area (Å²) < 4.78 is 6.64. The zero-order chi connectivity index (χ0) is 10.7. The van der Waals surface area contributed by atoms with Crippen molar-refractivity contribution in [2.45, 2.75) is 0 Å². The van der Waals surface area contributed by atoms with Gasteiger partial charge in [-0.1, -0.05) is 6.07 Å². The van der Waals surface area contributed by atoms with Gasteiger partial charge in [0.25, 0.3) is 12.7 Å². The van der Waals surface area contributed by atoms with Crippen LogP contribution in [0.2, 0.25) is 0 Å². The summed E-state index contributed by atoms with van der Waals surface area (Å²) in [5.41, 5.74) is 0.647. The molecule has 15 heavy (non-hydrogen) atoms. The first-order chi connectivity index (χ1) is 7.31. The lowest BCUT2D eigenvalue weighted by Crippen LogP contribution is -2.05. The van der Waals surface area contributed by atoms with Crippen LogP contribution in [0.25, 0.3) is 0 Å². The minimum absolute atomic E-state index is 0.105. The first-order valence-corrected chi connectivity index (χ1v) is 4.36. The van der Waals surface area contributed by atoms with Crippen LogP contribution in [-0.2, 0) is 0 Å². The van der Waals surface area contributed by atoms with Gasteiger partial charge in [-0.05, 0) is 12.1 Å². The lowest BCUT2D eigenvalue weighted by Gasteiger charge is -2.04. The number of para-hydroxylation sites is 1. The predicted molar refractivity (Wildman–Crippen MR) is 57.1 cm³/mol. The highest BCUT2D eigenvalue weighted by atomic mass is 16.5. The lowest BCUT2D eigenvalue weighted by atomic mass is 10.2. The number of phenols is 1. The van der Waals surface area contributed by atoms with Crippen LogP contribution in [0.15, 0.2) is 28.4 Å². The summed E-state index contributed by atoms with van der Waals surface area (Å²) in [7, 11) is 1.51. The van der Waals surface area contributed by atoms with Crippen LogP contribution in [0.1, 0.15) is 5.56 Å². The Morgan fingerprint density at radius 2 is 2.07 bits per heavy atom. The van der Waals surface area contributed by atoms with Crippen LogP contribution in [0, 0.1) is 0 Å². The lowest BCUT2D eigenvalue weighted by molar-refractivity contribution is -0.232. The zero-order valence-electron chi connectivity index (χ0n) is 8.16. The van der Waals surface area contributed by atoms with Gasteiger partial charge in [-0.3, -0.25) is 0 Å². The van der Waals surface area contributed by atoms with E-state index in [1.54, 1.807) is 41.7 Å². The molecule has 0 aromatic heterocycles. The Kier molecular flexibility index (Phi) is 2.45. The van der Waals surface area contributed by atoms with E-state index in [-0.39, 0.29) is 5.75 Å². The third kappa shape index (κ3) is 1.85. The molecule has 1 aliphatic rings. The van der Waals surface area contributed by atoms with E-state index in [1.165, 1.54) is 7.11 Å². The van der Waals surface area contributed by atoms with Crippen LogP contribution < -0.4 is 4.74 Å². The van der Waals surface area contributed by atoms with Gasteiger partial charge in [0.15, 0.2) is 11.5 Å². The maximum absolute atomic E-state index is 9.78. The van der Waals surface area contributed by atoms with Crippen molar-refractivity contribution in [1.29, 1.82) is 0 Å². The van der Waals surface area contributed by atoms with Gasteiger partial charge in [-0.25, -0.2) is 4.58 Å². The number of phenolic OH excluding ortho intramolecular Hbond substituents is 1. The summed E-state index contributed by atoms with van der Waals surface area (Å²) in [5, 5.41) is 17.1. The molecule has 1 aromatic carbocycles. The zero-order valence-corrected chi connectivity index (χ0v) is 8.16. The third-order valence-corrected chi connectivity index (χ3v) is 1.97. The summed E-state index contributed by atoms with van der Waals surface area (Å²) >= 11 is 0. The van der Waals surface area contributed by atoms with E-state index in [1.807, 2.05) is 0 Å². The van der Waals surface area contributed by atoms with Gasteiger partial charge in [-0.2, -0.15) is 0 Å². The highest BCUT2D eigenvalue weighted by Gasteiger charge is 2.08. The summed E-state index contributed by atoms with van der Waals surface area (Å²) in [5.74, 6) is 0.547. The fourth-order valence-electron chi connectivity index (χ4n) is 1.24. The molecule has 0 spiro atoms. The second-order valence-corrected chi connectivity index (χ2v) is 2.94. The summed E-state index contributed by atoms with van der Waals surface area (Å²) in [6.07, 6.45) is 4.79. The average Bonchev–Trinajstić information content (AvgIpc) is 2.74. The van der Waals surface area contributed by atoms with Gasteiger partial charge in [0.1, 0.15) is 0 Å². The van der Waals surface area contributed by atoms with Crippen LogP contribution in [-0.4, -0.2) is 35.7 Å². The summed E-state index contributed by atoms with van der Waals surface area (Å²) in [6, 6.07) is 5.27. The minimum atomic E-state index is 0.105. The molecule has 1 N–H and O–H groups in total. The van der Waals surface area contributed by atoms with Crippen molar-refractivity contribution < 1.29 is 14.4 Å². The van der Waals surface area contributed by atoms with Crippen molar-refractivity contribution in [1.82, 2.24) is 0 Å². The van der Waals surface area contributed by atoms with E-state index in [0.29, 0.717) is 11.3 Å². The normalized spacial score (nSPS) is 13.3. The molecular formula is C10H10N3O2+. The summed E-state index contributed by atoms with van der Waals surface area (Å²) in [6.45, 7) is 0. The van der Waals surface area contributed by atoms with Gasteiger partial charge in [0, 0.05) is 0 Å². The van der Waals surface area contributed by atoms with E-state index in [2.05, 4.69) is 10.2 Å². The number of rotatable bonds is 2. The molecule has 0 bridgehead atoms. The van der Waals surface area contributed by atoms with Crippen molar-refractivity contribution >= 4 is 18.9 Å². The number of nitrogens with zero attached hydrogens (tertiary/aromatic N) is 3. The van der Waals surface area contributed by atoms with Crippen LogP contribution in [0.3, 0.4) is 0 Å². The number of benzene rings is 1. The monoisotopic (exact) mass is 204 g/mol. The number of aromatic hydroxyl groups is 1. The molecule has 5 heteroatoms. The number of ether oxygens (including phenoxy) is 1. The Morgan fingerprint density at radius 3 is 2.73 bits per heavy atom. The smallest absolute Gasteiger partial charge is 0.273 e. The first-order valence-electron chi connectivity index (χ1n) is 4.36. The number of hydrogen-bond donors (Lipinski definition) is 1. The molecule has 0 saturated carbocycles. The fraction of sp³-hybridized carbons (Fsp3) is 0.100. The van der Waals surface area contributed by atoms with Gasteiger partial charge in [-0.15, -0.1) is 0 Å². The Balaban J connectivity index is 2.40. The first kappa shape index (κ1) is 9.39. The average molecular weight is 204 g/mol. The predicted octanol–water partition coefficient (Wildman–Crippen LogP) is 0.817. The van der Waals surface area contributed by atoms with Crippen molar-refractivity contribution in [2.75, 3.05) is 7.11 Å². The van der Waals surface area contributed by atoms with Gasteiger partial charge in [0.05, 0.1) is 29.1 Å². The van der Waals surface area contributed by atoms with Crippen molar-refractivity contribution in [3.05, 3.63) is 23.8 Å². The molecule has 1 aromatic rings. The largest absolute Gasteiger partial charge is 0.504 e. The van der Waals surface area contributed by atoms with Crippen molar-refractivity contribution in [2.24, 2.45) is 10.2 Å². The van der Waals surface area contributed by atoms with E-state index in [4.69, 9.17) is 4.74 Å². The maximum Gasteiger partial charge on any atom is 0.273 e. The highest BCUT2D eigenvalue weighted by molar-refractivity contribution is 5.86. The quantitative estimate of drug-likeness (QED) is 0.725. The molecule has 1 heterocycles. The molecule has 1 aliphatic heterocycles. The molecule has 0 unspecified atom stereocenters. The van der Waals surface area contributed by atoms with E-state index < -0.39 is 0 Å². The van der Waals surface area contributed by atoms with Crippen LogP contribution in [0.5, 0.6) is 11.5 Å². The Bertz CT molecular complexity index is 450. The second kappa shape index (κ2) is 3.91. The van der Waals surface area contributed by atoms with Gasteiger partial charge in [0.2, 0.25) is 0 Å². The molecule has 0 fully saturated rings. The highest BCUT2D eigenvalue weighted by Crippen LogP contribution is 2.27. The van der Waals surface area contributed by atoms with Gasteiger partial charge >= 0.3 is 0 Å². The Hall–Kier alpha value is -2.17.